The van der Waals surface area contributed by atoms with E-state index in [4.69, 9.17) is 4.52 Å². The fourth-order valence-corrected chi connectivity index (χ4v) is 2.40. The van der Waals surface area contributed by atoms with Crippen LogP contribution in [0.15, 0.2) is 16.7 Å². The Hall–Kier alpha value is -2.10. The van der Waals surface area contributed by atoms with Crippen molar-refractivity contribution in [3.8, 4) is 11.3 Å². The van der Waals surface area contributed by atoms with Crippen molar-refractivity contribution in [2.45, 2.75) is 47.0 Å². The van der Waals surface area contributed by atoms with E-state index in [2.05, 4.69) is 5.16 Å². The minimum absolute atomic E-state index is 0.161. The quantitative estimate of drug-likeness (QED) is 0.896. The Labute approximate surface area is 124 Å². The van der Waals surface area contributed by atoms with Gasteiger partial charge in [0.2, 0.25) is 0 Å². The van der Waals surface area contributed by atoms with Crippen molar-refractivity contribution in [3.05, 3.63) is 40.1 Å². The molecule has 0 unspecified atom stereocenters. The second-order valence-electron chi connectivity index (χ2n) is 6.54. The van der Waals surface area contributed by atoms with Crippen LogP contribution in [0.1, 0.15) is 53.6 Å². The minimum atomic E-state index is -1.01. The van der Waals surface area contributed by atoms with Gasteiger partial charge >= 0.3 is 5.97 Å². The first-order valence-electron chi connectivity index (χ1n) is 6.94. The molecule has 0 aliphatic rings. The van der Waals surface area contributed by atoms with Crippen LogP contribution < -0.4 is 0 Å². The van der Waals surface area contributed by atoms with Crippen LogP contribution in [-0.4, -0.2) is 16.2 Å². The molecule has 0 fully saturated rings. The van der Waals surface area contributed by atoms with E-state index in [1.54, 1.807) is 0 Å². The number of aromatic carboxylic acids is 1. The summed E-state index contributed by atoms with van der Waals surface area (Å²) in [4.78, 5) is 11.7. The highest BCUT2D eigenvalue weighted by Crippen LogP contribution is 2.35. The van der Waals surface area contributed by atoms with E-state index in [1.807, 2.05) is 53.7 Å². The fraction of sp³-hybridized carbons (Fsp3) is 0.412. The molecule has 1 aromatic carbocycles. The molecule has 0 saturated heterocycles. The summed E-state index contributed by atoms with van der Waals surface area (Å²) in [6, 6.07) is 4.02. The normalized spacial score (nSPS) is 11.7. The summed E-state index contributed by atoms with van der Waals surface area (Å²) in [7, 11) is 0. The van der Waals surface area contributed by atoms with Gasteiger partial charge < -0.3 is 9.63 Å². The molecule has 4 nitrogen and oxygen atoms in total. The molecule has 0 radical (unpaired) electrons. The van der Waals surface area contributed by atoms with E-state index < -0.39 is 11.4 Å². The van der Waals surface area contributed by atoms with Gasteiger partial charge in [-0.2, -0.15) is 0 Å². The lowest BCUT2D eigenvalue weighted by molar-refractivity contribution is 0.0693. The predicted molar refractivity (Wildman–Crippen MR) is 81.8 cm³/mol. The summed E-state index contributed by atoms with van der Waals surface area (Å²) in [6.45, 7) is 11.7. The standard InChI is InChI=1S/C17H21NO3/c1-9-7-11(3)12(8-10(9)2)14-13(16(19)20)15(21-18-14)17(4,5)6/h7-8H,1-6H3,(H,19,20). The van der Waals surface area contributed by atoms with Crippen molar-refractivity contribution in [1.82, 2.24) is 5.16 Å². The molecule has 0 bridgehead atoms. The van der Waals surface area contributed by atoms with Gasteiger partial charge in [-0.3, -0.25) is 0 Å². The van der Waals surface area contributed by atoms with Crippen molar-refractivity contribution in [2.24, 2.45) is 0 Å². The molecule has 0 amide bonds. The number of aryl methyl sites for hydroxylation is 3. The van der Waals surface area contributed by atoms with Crippen LogP contribution in [0, 0.1) is 20.8 Å². The first-order valence-corrected chi connectivity index (χ1v) is 6.94. The summed E-state index contributed by atoms with van der Waals surface area (Å²) in [5, 5.41) is 13.6. The molecule has 2 rings (SSSR count). The minimum Gasteiger partial charge on any atom is -0.477 e. The zero-order valence-corrected chi connectivity index (χ0v) is 13.4. The number of carboxylic acids is 1. The van der Waals surface area contributed by atoms with E-state index in [1.165, 1.54) is 5.56 Å². The van der Waals surface area contributed by atoms with Crippen LogP contribution >= 0.6 is 0 Å². The molecular formula is C17H21NO3. The maximum absolute atomic E-state index is 11.7. The molecule has 0 saturated carbocycles. The Morgan fingerprint density at radius 1 is 1.10 bits per heavy atom. The summed E-state index contributed by atoms with van der Waals surface area (Å²) in [5.41, 5.74) is 4.25. The van der Waals surface area contributed by atoms with Crippen LogP contribution in [0.2, 0.25) is 0 Å². The summed E-state index contributed by atoms with van der Waals surface area (Å²) in [6.07, 6.45) is 0. The van der Waals surface area contributed by atoms with Crippen LogP contribution in [0.5, 0.6) is 0 Å². The lowest BCUT2D eigenvalue weighted by atomic mass is 9.88. The maximum Gasteiger partial charge on any atom is 0.341 e. The molecule has 0 atom stereocenters. The van der Waals surface area contributed by atoms with E-state index in [0.29, 0.717) is 11.5 Å². The van der Waals surface area contributed by atoms with Gasteiger partial charge in [0.25, 0.3) is 0 Å². The SMILES string of the molecule is Cc1cc(C)c(-c2noc(C(C)(C)C)c2C(=O)O)cc1C. The van der Waals surface area contributed by atoms with Gasteiger partial charge in [-0.1, -0.05) is 32.0 Å². The Bertz CT molecular complexity index is 706. The van der Waals surface area contributed by atoms with E-state index >= 15 is 0 Å². The topological polar surface area (TPSA) is 63.3 Å². The molecule has 0 spiro atoms. The van der Waals surface area contributed by atoms with E-state index in [-0.39, 0.29) is 5.56 Å². The van der Waals surface area contributed by atoms with Crippen LogP contribution in [0.4, 0.5) is 0 Å². The number of aromatic nitrogens is 1. The Balaban J connectivity index is 2.74. The van der Waals surface area contributed by atoms with Gasteiger partial charge in [-0.05, 0) is 43.5 Å². The monoisotopic (exact) mass is 287 g/mol. The highest BCUT2D eigenvalue weighted by molar-refractivity contribution is 5.96. The van der Waals surface area contributed by atoms with Crippen molar-refractivity contribution in [2.75, 3.05) is 0 Å². The Morgan fingerprint density at radius 3 is 2.19 bits per heavy atom. The van der Waals surface area contributed by atoms with Crippen LogP contribution in [0.3, 0.4) is 0 Å². The Morgan fingerprint density at radius 2 is 1.67 bits per heavy atom. The van der Waals surface area contributed by atoms with Gasteiger partial charge in [0.1, 0.15) is 11.3 Å². The number of hydrogen-bond donors (Lipinski definition) is 1. The molecule has 0 aliphatic heterocycles. The van der Waals surface area contributed by atoms with Crippen molar-refractivity contribution >= 4 is 5.97 Å². The van der Waals surface area contributed by atoms with Gasteiger partial charge in [-0.25, -0.2) is 4.79 Å². The van der Waals surface area contributed by atoms with Crippen LogP contribution in [0.25, 0.3) is 11.3 Å². The number of nitrogens with zero attached hydrogens (tertiary/aromatic N) is 1. The van der Waals surface area contributed by atoms with Gasteiger partial charge in [0, 0.05) is 11.0 Å². The number of benzene rings is 1. The average Bonchev–Trinajstić information content (AvgIpc) is 2.78. The molecule has 1 N–H and O–H groups in total. The second-order valence-corrected chi connectivity index (χ2v) is 6.54. The molecule has 0 aliphatic carbocycles. The number of carbonyl (C=O) groups is 1. The third-order valence-electron chi connectivity index (χ3n) is 3.68. The zero-order valence-electron chi connectivity index (χ0n) is 13.4. The molecule has 112 valence electrons. The third-order valence-corrected chi connectivity index (χ3v) is 3.68. The van der Waals surface area contributed by atoms with Gasteiger partial charge in [-0.15, -0.1) is 0 Å². The number of rotatable bonds is 2. The average molecular weight is 287 g/mol. The second kappa shape index (κ2) is 5.02. The predicted octanol–water partition coefficient (Wildman–Crippen LogP) is 4.26. The van der Waals surface area contributed by atoms with E-state index in [0.717, 1.165) is 16.7 Å². The summed E-state index contributed by atoms with van der Waals surface area (Å²) < 4.78 is 5.37. The summed E-state index contributed by atoms with van der Waals surface area (Å²) in [5.74, 6) is -0.601. The lowest BCUT2D eigenvalue weighted by Gasteiger charge is -2.15. The highest BCUT2D eigenvalue weighted by atomic mass is 16.5. The molecule has 4 heteroatoms. The van der Waals surface area contributed by atoms with Crippen molar-refractivity contribution in [3.63, 3.8) is 0 Å². The number of carboxylic acid groups (broad SMARTS) is 1. The third kappa shape index (κ3) is 2.71. The molecule has 21 heavy (non-hydrogen) atoms. The van der Waals surface area contributed by atoms with Gasteiger partial charge in [0.05, 0.1) is 0 Å². The molecule has 2 aromatic rings. The molecule has 1 aromatic heterocycles. The summed E-state index contributed by atoms with van der Waals surface area (Å²) >= 11 is 0. The fourth-order valence-electron chi connectivity index (χ4n) is 2.40. The lowest BCUT2D eigenvalue weighted by Crippen LogP contribution is -2.15. The van der Waals surface area contributed by atoms with Crippen LogP contribution in [-0.2, 0) is 5.41 Å². The highest BCUT2D eigenvalue weighted by Gasteiger charge is 2.31. The van der Waals surface area contributed by atoms with Crippen molar-refractivity contribution in [1.29, 1.82) is 0 Å². The number of hydrogen-bond acceptors (Lipinski definition) is 3. The first-order chi connectivity index (χ1) is 9.62. The van der Waals surface area contributed by atoms with E-state index in [9.17, 15) is 9.90 Å². The first kappa shape index (κ1) is 15.3. The maximum atomic E-state index is 11.7. The largest absolute Gasteiger partial charge is 0.477 e. The Kier molecular flexibility index (Phi) is 3.66. The zero-order chi connectivity index (χ0) is 15.9. The molecule has 1 heterocycles. The van der Waals surface area contributed by atoms with Gasteiger partial charge in [0.15, 0.2) is 5.76 Å². The molecular weight excluding hydrogens is 266 g/mol. The smallest absolute Gasteiger partial charge is 0.341 e. The van der Waals surface area contributed by atoms with Crippen molar-refractivity contribution < 1.29 is 14.4 Å².